The number of fused-ring (bicyclic) bond motifs is 1. The summed E-state index contributed by atoms with van der Waals surface area (Å²) in [5, 5.41) is 0. The summed E-state index contributed by atoms with van der Waals surface area (Å²) in [6, 6.07) is 5.39. The quantitative estimate of drug-likeness (QED) is 0.515. The Bertz CT molecular complexity index is 1210. The molecule has 0 aliphatic carbocycles. The lowest BCUT2D eigenvalue weighted by Crippen LogP contribution is -2.38. The van der Waals surface area contributed by atoms with Crippen molar-refractivity contribution in [2.24, 2.45) is 0 Å². The number of likely N-dealkylation sites (tertiary alicyclic amines) is 1. The van der Waals surface area contributed by atoms with Crippen LogP contribution in [0.3, 0.4) is 0 Å². The number of H-pyrrole nitrogens is 1. The first-order chi connectivity index (χ1) is 16.8. The minimum absolute atomic E-state index is 0.0383. The van der Waals surface area contributed by atoms with E-state index < -0.39 is 12.1 Å². The van der Waals surface area contributed by atoms with Gasteiger partial charge in [-0.25, -0.2) is 9.97 Å². The number of nitrogens with two attached hydrogens (primary N) is 1. The molecule has 1 aromatic carbocycles. The Balaban J connectivity index is 1.27. The van der Waals surface area contributed by atoms with E-state index in [-0.39, 0.29) is 29.2 Å². The van der Waals surface area contributed by atoms with Crippen molar-refractivity contribution in [1.29, 1.82) is 0 Å². The van der Waals surface area contributed by atoms with Crippen LogP contribution in [0.15, 0.2) is 30.5 Å². The molecule has 2 fully saturated rings. The summed E-state index contributed by atoms with van der Waals surface area (Å²) in [7, 11) is 0. The zero-order chi connectivity index (χ0) is 24.6. The first-order valence-corrected chi connectivity index (χ1v) is 11.7. The number of nitrogens with one attached hydrogen (secondary N) is 1. The van der Waals surface area contributed by atoms with Gasteiger partial charge in [-0.1, -0.05) is 0 Å². The van der Waals surface area contributed by atoms with Crippen molar-refractivity contribution in [3.05, 3.63) is 47.4 Å². The summed E-state index contributed by atoms with van der Waals surface area (Å²) >= 11 is 0. The van der Waals surface area contributed by atoms with E-state index in [1.807, 2.05) is 6.07 Å². The normalized spacial score (nSPS) is 19.7. The number of imidazole rings is 1. The van der Waals surface area contributed by atoms with E-state index in [0.29, 0.717) is 18.7 Å². The standard InChI is InChI=1S/C24H26F3N5O3/c25-24(26,27)35-15-4-5-17(18(28)13-15)23(33)32-10-7-14(8-11-32)16-6-9-29-22-20(16)30-21(31-22)19-3-1-2-12-34-19/h4-6,9,13-14,19H,1-3,7-8,10-12,28H2,(H,29,30,31). The summed E-state index contributed by atoms with van der Waals surface area (Å²) in [5.74, 6) is 0.257. The minimum Gasteiger partial charge on any atom is -0.406 e. The van der Waals surface area contributed by atoms with Crippen molar-refractivity contribution in [2.75, 3.05) is 25.4 Å². The highest BCUT2D eigenvalue weighted by Crippen LogP contribution is 2.35. The summed E-state index contributed by atoms with van der Waals surface area (Å²) in [5.41, 5.74) is 8.67. The summed E-state index contributed by atoms with van der Waals surface area (Å²) < 4.78 is 47.1. The molecule has 186 valence electrons. The number of carbonyl (C=O) groups excluding carboxylic acids is 1. The maximum atomic E-state index is 13.0. The number of hydrogen-bond donors (Lipinski definition) is 2. The molecule has 0 saturated carbocycles. The number of benzene rings is 1. The third-order valence-corrected chi connectivity index (χ3v) is 6.64. The Hall–Kier alpha value is -3.34. The number of aromatic nitrogens is 3. The molecule has 2 aliphatic rings. The number of aromatic amines is 1. The molecule has 1 atom stereocenters. The Morgan fingerprint density at radius 3 is 2.66 bits per heavy atom. The maximum Gasteiger partial charge on any atom is 0.573 e. The molecule has 0 bridgehead atoms. The number of hydrogen-bond acceptors (Lipinski definition) is 6. The minimum atomic E-state index is -4.82. The molecule has 1 amide bonds. The Kier molecular flexibility index (Phi) is 6.26. The Labute approximate surface area is 199 Å². The summed E-state index contributed by atoms with van der Waals surface area (Å²) in [4.78, 5) is 27.2. The van der Waals surface area contributed by atoms with Crippen LogP contribution in [0.4, 0.5) is 18.9 Å². The number of carbonyl (C=O) groups is 1. The Morgan fingerprint density at radius 2 is 1.97 bits per heavy atom. The van der Waals surface area contributed by atoms with E-state index in [4.69, 9.17) is 10.5 Å². The molecule has 2 aromatic heterocycles. The Morgan fingerprint density at radius 1 is 1.17 bits per heavy atom. The van der Waals surface area contributed by atoms with Crippen LogP contribution in [0.5, 0.6) is 5.75 Å². The molecular weight excluding hydrogens is 463 g/mol. The van der Waals surface area contributed by atoms with Gasteiger partial charge < -0.3 is 25.1 Å². The highest BCUT2D eigenvalue weighted by Gasteiger charge is 2.32. The second kappa shape index (κ2) is 9.37. The number of ether oxygens (including phenoxy) is 2. The van der Waals surface area contributed by atoms with Gasteiger partial charge in [-0.3, -0.25) is 4.79 Å². The van der Waals surface area contributed by atoms with Gasteiger partial charge in [0.25, 0.3) is 5.91 Å². The van der Waals surface area contributed by atoms with Crippen molar-refractivity contribution in [2.45, 2.75) is 50.5 Å². The molecule has 8 nitrogen and oxygen atoms in total. The first kappa shape index (κ1) is 23.4. The van der Waals surface area contributed by atoms with Crippen LogP contribution in [0, 0.1) is 0 Å². The number of rotatable bonds is 4. The number of halogens is 3. The lowest BCUT2D eigenvalue weighted by molar-refractivity contribution is -0.274. The average Bonchev–Trinajstić information content (AvgIpc) is 3.28. The van der Waals surface area contributed by atoms with Gasteiger partial charge >= 0.3 is 6.36 Å². The zero-order valence-electron chi connectivity index (χ0n) is 19.0. The van der Waals surface area contributed by atoms with Crippen LogP contribution in [-0.4, -0.2) is 51.8 Å². The van der Waals surface area contributed by atoms with Gasteiger partial charge in [0.05, 0.1) is 11.1 Å². The number of nitrogen functional groups attached to an aromatic ring is 1. The number of pyridine rings is 1. The van der Waals surface area contributed by atoms with E-state index >= 15 is 0 Å². The smallest absolute Gasteiger partial charge is 0.406 e. The molecule has 3 N–H and O–H groups in total. The SMILES string of the molecule is Nc1cc(OC(F)(F)F)ccc1C(=O)N1CCC(c2ccnc3nc(C4CCCCO4)[nH]c23)CC1. The molecule has 11 heteroatoms. The number of amides is 1. The summed E-state index contributed by atoms with van der Waals surface area (Å²) in [6.45, 7) is 1.73. The van der Waals surface area contributed by atoms with Gasteiger partial charge in [-0.2, -0.15) is 0 Å². The third kappa shape index (κ3) is 5.04. The molecule has 4 heterocycles. The van der Waals surface area contributed by atoms with Gasteiger partial charge in [0, 0.05) is 37.6 Å². The second-order valence-electron chi connectivity index (χ2n) is 8.94. The predicted octanol–water partition coefficient (Wildman–Crippen LogP) is 4.70. The summed E-state index contributed by atoms with van der Waals surface area (Å²) in [6.07, 6.45) is 1.46. The molecule has 5 rings (SSSR count). The van der Waals surface area contributed by atoms with Crippen LogP contribution in [0.25, 0.3) is 11.2 Å². The van der Waals surface area contributed by atoms with Crippen LogP contribution >= 0.6 is 0 Å². The van der Waals surface area contributed by atoms with Gasteiger partial charge in [-0.15, -0.1) is 13.2 Å². The van der Waals surface area contributed by atoms with E-state index in [9.17, 15) is 18.0 Å². The predicted molar refractivity (Wildman–Crippen MR) is 122 cm³/mol. The van der Waals surface area contributed by atoms with Crippen LogP contribution in [0.1, 0.15) is 65.9 Å². The average molecular weight is 489 g/mol. The van der Waals surface area contributed by atoms with E-state index in [1.54, 1.807) is 11.1 Å². The van der Waals surface area contributed by atoms with Crippen molar-refractivity contribution in [3.8, 4) is 5.75 Å². The fraction of sp³-hybridized carbons (Fsp3) is 0.458. The first-order valence-electron chi connectivity index (χ1n) is 11.7. The molecule has 1 unspecified atom stereocenters. The monoisotopic (exact) mass is 489 g/mol. The van der Waals surface area contributed by atoms with Crippen LogP contribution < -0.4 is 10.5 Å². The van der Waals surface area contributed by atoms with Crippen molar-refractivity contribution < 1.29 is 27.4 Å². The molecule has 0 spiro atoms. The highest BCUT2D eigenvalue weighted by atomic mass is 19.4. The van der Waals surface area contributed by atoms with Crippen molar-refractivity contribution >= 4 is 22.8 Å². The van der Waals surface area contributed by atoms with E-state index in [0.717, 1.165) is 67.7 Å². The molecule has 2 aliphatic heterocycles. The zero-order valence-corrected chi connectivity index (χ0v) is 19.0. The number of anilines is 1. The van der Waals surface area contributed by atoms with Crippen molar-refractivity contribution in [1.82, 2.24) is 19.9 Å². The third-order valence-electron chi connectivity index (χ3n) is 6.64. The van der Waals surface area contributed by atoms with Gasteiger partial charge in [0.15, 0.2) is 5.65 Å². The van der Waals surface area contributed by atoms with E-state index in [2.05, 4.69) is 19.7 Å². The fourth-order valence-electron chi connectivity index (χ4n) is 4.89. The van der Waals surface area contributed by atoms with E-state index in [1.165, 1.54) is 6.07 Å². The van der Waals surface area contributed by atoms with Crippen LogP contribution in [0.2, 0.25) is 0 Å². The van der Waals surface area contributed by atoms with Crippen LogP contribution in [-0.2, 0) is 4.74 Å². The molecule has 35 heavy (non-hydrogen) atoms. The largest absolute Gasteiger partial charge is 0.573 e. The molecule has 2 saturated heterocycles. The van der Waals surface area contributed by atoms with Gasteiger partial charge in [0.2, 0.25) is 0 Å². The lowest BCUT2D eigenvalue weighted by atomic mass is 9.89. The molecule has 0 radical (unpaired) electrons. The van der Waals surface area contributed by atoms with Crippen molar-refractivity contribution in [3.63, 3.8) is 0 Å². The van der Waals surface area contributed by atoms with Gasteiger partial charge in [-0.05, 0) is 61.8 Å². The number of piperidine rings is 1. The highest BCUT2D eigenvalue weighted by molar-refractivity contribution is 5.99. The molecular formula is C24H26F3N5O3. The topological polar surface area (TPSA) is 106 Å². The lowest BCUT2D eigenvalue weighted by Gasteiger charge is -2.32. The maximum absolute atomic E-state index is 13.0. The number of nitrogens with zero attached hydrogens (tertiary/aromatic N) is 3. The number of alkyl halides is 3. The van der Waals surface area contributed by atoms with Gasteiger partial charge in [0.1, 0.15) is 17.7 Å². The molecule has 3 aromatic rings. The fourth-order valence-corrected chi connectivity index (χ4v) is 4.89. The second-order valence-corrected chi connectivity index (χ2v) is 8.94.